The number of carboxylic acids is 1. The molecule has 0 spiro atoms. The lowest BCUT2D eigenvalue weighted by Gasteiger charge is -1.84. The van der Waals surface area contributed by atoms with E-state index >= 15 is 0 Å². The minimum absolute atomic E-state index is 0.142. The molecule has 1 aromatic heterocycles. The standard InChI is InChI=1S/C9H7NO2/c11-9(12)6-3-5-8-4-1-2-7-10-8/h1-2,4,7H,6H2,(H,11,12). The summed E-state index contributed by atoms with van der Waals surface area (Å²) in [5.74, 6) is 4.20. The van der Waals surface area contributed by atoms with Crippen molar-refractivity contribution in [2.75, 3.05) is 0 Å². The number of aliphatic carboxylic acids is 1. The summed E-state index contributed by atoms with van der Waals surface area (Å²) < 4.78 is 0. The Bertz CT molecular complexity index is 321. The third kappa shape index (κ3) is 2.84. The molecular formula is C9H7NO2. The van der Waals surface area contributed by atoms with Crippen LogP contribution < -0.4 is 0 Å². The molecule has 3 nitrogen and oxygen atoms in total. The normalized spacial score (nSPS) is 8.33. The Morgan fingerprint density at radius 3 is 3.00 bits per heavy atom. The molecule has 0 bridgehead atoms. The van der Waals surface area contributed by atoms with Crippen molar-refractivity contribution in [1.29, 1.82) is 0 Å². The molecule has 1 heterocycles. The van der Waals surface area contributed by atoms with Gasteiger partial charge in [0.15, 0.2) is 0 Å². The Kier molecular flexibility index (Phi) is 2.86. The van der Waals surface area contributed by atoms with Gasteiger partial charge in [-0.1, -0.05) is 12.0 Å². The molecule has 60 valence electrons. The van der Waals surface area contributed by atoms with Gasteiger partial charge >= 0.3 is 5.97 Å². The predicted molar refractivity (Wildman–Crippen MR) is 43.4 cm³/mol. The lowest BCUT2D eigenvalue weighted by Crippen LogP contribution is -1.90. The summed E-state index contributed by atoms with van der Waals surface area (Å²) in [5.41, 5.74) is 0.596. The van der Waals surface area contributed by atoms with Crippen LogP contribution in [0.4, 0.5) is 0 Å². The van der Waals surface area contributed by atoms with Crippen molar-refractivity contribution in [1.82, 2.24) is 4.98 Å². The van der Waals surface area contributed by atoms with Gasteiger partial charge in [0.1, 0.15) is 12.1 Å². The Balaban J connectivity index is 2.61. The monoisotopic (exact) mass is 161 g/mol. The molecule has 0 unspecified atom stereocenters. The zero-order valence-corrected chi connectivity index (χ0v) is 6.32. The van der Waals surface area contributed by atoms with Gasteiger partial charge in [-0.05, 0) is 18.1 Å². The van der Waals surface area contributed by atoms with Gasteiger partial charge in [-0.25, -0.2) is 4.98 Å². The Labute approximate surface area is 70.1 Å². The molecule has 1 N–H and O–H groups in total. The summed E-state index contributed by atoms with van der Waals surface area (Å²) in [4.78, 5) is 14.0. The minimum atomic E-state index is -0.918. The Hall–Kier alpha value is -1.82. The van der Waals surface area contributed by atoms with E-state index in [0.717, 1.165) is 0 Å². The summed E-state index contributed by atoms with van der Waals surface area (Å²) in [7, 11) is 0. The maximum atomic E-state index is 10.1. The van der Waals surface area contributed by atoms with E-state index in [2.05, 4.69) is 16.8 Å². The minimum Gasteiger partial charge on any atom is -0.481 e. The van der Waals surface area contributed by atoms with Crippen LogP contribution in [0.5, 0.6) is 0 Å². The zero-order valence-electron chi connectivity index (χ0n) is 6.32. The molecule has 0 saturated heterocycles. The van der Waals surface area contributed by atoms with Crippen molar-refractivity contribution in [2.45, 2.75) is 6.42 Å². The first kappa shape index (κ1) is 8.28. The van der Waals surface area contributed by atoms with Crippen LogP contribution in [0.3, 0.4) is 0 Å². The van der Waals surface area contributed by atoms with Gasteiger partial charge in [-0.3, -0.25) is 4.79 Å². The maximum absolute atomic E-state index is 10.1. The molecule has 0 aliphatic heterocycles. The molecule has 1 aromatic rings. The lowest BCUT2D eigenvalue weighted by atomic mass is 10.3. The van der Waals surface area contributed by atoms with Gasteiger partial charge in [0.2, 0.25) is 0 Å². The van der Waals surface area contributed by atoms with E-state index in [0.29, 0.717) is 5.69 Å². The second kappa shape index (κ2) is 4.14. The highest BCUT2D eigenvalue weighted by atomic mass is 16.4. The third-order valence-corrected chi connectivity index (χ3v) is 1.12. The third-order valence-electron chi connectivity index (χ3n) is 1.12. The number of rotatable bonds is 1. The fraction of sp³-hybridized carbons (Fsp3) is 0.111. The maximum Gasteiger partial charge on any atom is 0.315 e. The second-order valence-electron chi connectivity index (χ2n) is 2.09. The van der Waals surface area contributed by atoms with Gasteiger partial charge in [-0.15, -0.1) is 0 Å². The summed E-state index contributed by atoms with van der Waals surface area (Å²) in [6.07, 6.45) is 1.47. The van der Waals surface area contributed by atoms with Crippen molar-refractivity contribution >= 4 is 5.97 Å². The molecule has 0 aliphatic carbocycles. The van der Waals surface area contributed by atoms with E-state index in [4.69, 9.17) is 5.11 Å². The lowest BCUT2D eigenvalue weighted by molar-refractivity contribution is -0.135. The van der Waals surface area contributed by atoms with Crippen LogP contribution in [-0.2, 0) is 4.79 Å². The van der Waals surface area contributed by atoms with Crippen LogP contribution in [0.1, 0.15) is 12.1 Å². The average molecular weight is 161 g/mol. The largest absolute Gasteiger partial charge is 0.481 e. The number of nitrogens with zero attached hydrogens (tertiary/aromatic N) is 1. The van der Waals surface area contributed by atoms with Crippen molar-refractivity contribution in [3.8, 4) is 11.8 Å². The second-order valence-corrected chi connectivity index (χ2v) is 2.09. The molecule has 0 atom stereocenters. The van der Waals surface area contributed by atoms with Crippen LogP contribution in [0, 0.1) is 11.8 Å². The van der Waals surface area contributed by atoms with Gasteiger partial charge in [0.05, 0.1) is 0 Å². The predicted octanol–water partition coefficient (Wildman–Crippen LogP) is 0.908. The highest BCUT2D eigenvalue weighted by Gasteiger charge is 1.88. The van der Waals surface area contributed by atoms with Crippen LogP contribution in [0.25, 0.3) is 0 Å². The van der Waals surface area contributed by atoms with Crippen LogP contribution in [-0.4, -0.2) is 16.1 Å². The zero-order chi connectivity index (χ0) is 8.81. The van der Waals surface area contributed by atoms with E-state index in [1.165, 1.54) is 0 Å². The van der Waals surface area contributed by atoms with Crippen molar-refractivity contribution in [3.05, 3.63) is 30.1 Å². The number of aromatic nitrogens is 1. The van der Waals surface area contributed by atoms with E-state index in [9.17, 15) is 4.79 Å². The molecule has 3 heteroatoms. The van der Waals surface area contributed by atoms with Gasteiger partial charge in [0.25, 0.3) is 0 Å². The van der Waals surface area contributed by atoms with Gasteiger partial charge in [0, 0.05) is 6.20 Å². The van der Waals surface area contributed by atoms with E-state index < -0.39 is 5.97 Å². The Morgan fingerprint density at radius 2 is 2.42 bits per heavy atom. The number of carboxylic acid groups (broad SMARTS) is 1. The fourth-order valence-corrected chi connectivity index (χ4v) is 0.647. The number of hydrogen-bond acceptors (Lipinski definition) is 2. The first-order valence-electron chi connectivity index (χ1n) is 3.41. The molecule has 12 heavy (non-hydrogen) atoms. The molecule has 0 amide bonds. The highest BCUT2D eigenvalue weighted by molar-refractivity contribution is 5.70. The number of pyridine rings is 1. The van der Waals surface area contributed by atoms with Crippen molar-refractivity contribution in [2.24, 2.45) is 0 Å². The molecule has 0 saturated carbocycles. The first-order valence-corrected chi connectivity index (χ1v) is 3.41. The topological polar surface area (TPSA) is 50.2 Å². The van der Waals surface area contributed by atoms with Gasteiger partial charge in [-0.2, -0.15) is 0 Å². The summed E-state index contributed by atoms with van der Waals surface area (Å²) in [6.45, 7) is 0. The van der Waals surface area contributed by atoms with Crippen LogP contribution >= 0.6 is 0 Å². The molecule has 1 rings (SSSR count). The smallest absolute Gasteiger partial charge is 0.315 e. The SMILES string of the molecule is O=C(O)CC#Cc1ccccn1. The molecule has 0 aromatic carbocycles. The first-order chi connectivity index (χ1) is 5.79. The van der Waals surface area contributed by atoms with Crippen molar-refractivity contribution in [3.63, 3.8) is 0 Å². The average Bonchev–Trinajstić information content (AvgIpc) is 2.05. The van der Waals surface area contributed by atoms with E-state index in [1.807, 2.05) is 0 Å². The van der Waals surface area contributed by atoms with Crippen LogP contribution in [0.15, 0.2) is 24.4 Å². The fourth-order valence-electron chi connectivity index (χ4n) is 0.647. The Morgan fingerprint density at radius 1 is 1.58 bits per heavy atom. The highest BCUT2D eigenvalue weighted by Crippen LogP contribution is 1.89. The van der Waals surface area contributed by atoms with Crippen LogP contribution in [0.2, 0.25) is 0 Å². The molecule has 0 aliphatic rings. The summed E-state index contributed by atoms with van der Waals surface area (Å²) >= 11 is 0. The van der Waals surface area contributed by atoms with E-state index in [-0.39, 0.29) is 6.42 Å². The van der Waals surface area contributed by atoms with Crippen molar-refractivity contribution < 1.29 is 9.90 Å². The summed E-state index contributed by atoms with van der Waals surface area (Å²) in [5, 5.41) is 8.27. The number of carbonyl (C=O) groups is 1. The van der Waals surface area contributed by atoms with E-state index in [1.54, 1.807) is 24.4 Å². The summed E-state index contributed by atoms with van der Waals surface area (Å²) in [6, 6.07) is 5.31. The molecular weight excluding hydrogens is 154 g/mol. The molecule has 0 radical (unpaired) electrons. The quantitative estimate of drug-likeness (QED) is 0.623. The molecule has 0 fully saturated rings. The number of hydrogen-bond donors (Lipinski definition) is 1. The van der Waals surface area contributed by atoms with Gasteiger partial charge < -0.3 is 5.11 Å².